The lowest BCUT2D eigenvalue weighted by Crippen LogP contribution is -2.38. The van der Waals surface area contributed by atoms with Gasteiger partial charge in [-0.3, -0.25) is 9.88 Å². The SMILES string of the molecule is Cc1cccc(CN2CCCC(c3nc(N4CCOCC4)c4ncn(CC(F)(F)F)c4n3)C2)n1. The maximum absolute atomic E-state index is 13.2. The Kier molecular flexibility index (Phi) is 6.39. The number of alkyl halides is 3. The van der Waals surface area contributed by atoms with Gasteiger partial charge in [-0.1, -0.05) is 6.07 Å². The number of piperidine rings is 1. The van der Waals surface area contributed by atoms with E-state index < -0.39 is 12.7 Å². The first-order valence-corrected chi connectivity index (χ1v) is 11.6. The Morgan fingerprint density at radius 2 is 1.91 bits per heavy atom. The normalized spacial score (nSPS) is 20.2. The highest BCUT2D eigenvalue weighted by molar-refractivity contribution is 5.83. The van der Waals surface area contributed by atoms with Crippen LogP contribution in [0.1, 0.15) is 36.0 Å². The number of morpholine rings is 1. The van der Waals surface area contributed by atoms with Crippen molar-refractivity contribution in [3.63, 3.8) is 0 Å². The number of hydrogen-bond donors (Lipinski definition) is 0. The molecule has 5 rings (SSSR count). The maximum atomic E-state index is 13.2. The van der Waals surface area contributed by atoms with Crippen molar-refractivity contribution >= 4 is 17.0 Å². The van der Waals surface area contributed by atoms with Crippen molar-refractivity contribution < 1.29 is 17.9 Å². The molecule has 2 fully saturated rings. The van der Waals surface area contributed by atoms with Crippen molar-refractivity contribution in [1.82, 2.24) is 29.4 Å². The van der Waals surface area contributed by atoms with E-state index in [1.807, 2.05) is 30.0 Å². The molecule has 0 N–H and O–H groups in total. The Balaban J connectivity index is 1.47. The zero-order valence-corrected chi connectivity index (χ0v) is 19.1. The second-order valence-electron chi connectivity index (χ2n) is 9.01. The Hall–Kier alpha value is -2.79. The van der Waals surface area contributed by atoms with E-state index in [0.717, 1.165) is 48.4 Å². The molecule has 0 radical (unpaired) electrons. The Morgan fingerprint density at radius 3 is 2.68 bits per heavy atom. The lowest BCUT2D eigenvalue weighted by atomic mass is 9.97. The number of pyridine rings is 1. The average Bonchev–Trinajstić information content (AvgIpc) is 3.20. The molecule has 3 aromatic heterocycles. The molecule has 3 aromatic rings. The molecule has 0 bridgehead atoms. The van der Waals surface area contributed by atoms with E-state index >= 15 is 0 Å². The van der Waals surface area contributed by atoms with E-state index in [-0.39, 0.29) is 11.6 Å². The number of anilines is 1. The minimum Gasteiger partial charge on any atom is -0.378 e. The quantitative estimate of drug-likeness (QED) is 0.561. The zero-order valence-electron chi connectivity index (χ0n) is 19.1. The van der Waals surface area contributed by atoms with Crippen LogP contribution in [0.25, 0.3) is 11.2 Å². The number of aryl methyl sites for hydroxylation is 1. The average molecular weight is 476 g/mol. The number of hydrogen-bond acceptors (Lipinski definition) is 7. The number of likely N-dealkylation sites (tertiary alicyclic amines) is 1. The summed E-state index contributed by atoms with van der Waals surface area (Å²) in [5, 5.41) is 0. The highest BCUT2D eigenvalue weighted by Gasteiger charge is 2.31. The predicted octanol–water partition coefficient (Wildman–Crippen LogP) is 3.31. The molecule has 8 nitrogen and oxygen atoms in total. The summed E-state index contributed by atoms with van der Waals surface area (Å²) in [5.41, 5.74) is 2.63. The minimum absolute atomic E-state index is 0.0250. The molecule has 2 aliphatic heterocycles. The van der Waals surface area contributed by atoms with Crippen LogP contribution in [0, 0.1) is 6.92 Å². The van der Waals surface area contributed by atoms with Gasteiger partial charge >= 0.3 is 6.18 Å². The van der Waals surface area contributed by atoms with Crippen LogP contribution in [0.15, 0.2) is 24.5 Å². The molecular weight excluding hydrogens is 447 g/mol. The molecule has 2 aliphatic rings. The first-order valence-electron chi connectivity index (χ1n) is 11.6. The zero-order chi connectivity index (χ0) is 23.7. The number of imidazole rings is 1. The maximum Gasteiger partial charge on any atom is 0.406 e. The van der Waals surface area contributed by atoms with Crippen LogP contribution < -0.4 is 4.90 Å². The number of fused-ring (bicyclic) bond motifs is 1. The summed E-state index contributed by atoms with van der Waals surface area (Å²) in [4.78, 5) is 22.8. The smallest absolute Gasteiger partial charge is 0.378 e. The summed E-state index contributed by atoms with van der Waals surface area (Å²) < 4.78 is 46.2. The predicted molar refractivity (Wildman–Crippen MR) is 121 cm³/mol. The van der Waals surface area contributed by atoms with Crippen LogP contribution >= 0.6 is 0 Å². The van der Waals surface area contributed by atoms with E-state index in [4.69, 9.17) is 9.72 Å². The third-order valence-electron chi connectivity index (χ3n) is 6.33. The highest BCUT2D eigenvalue weighted by atomic mass is 19.4. The topological polar surface area (TPSA) is 72.2 Å². The molecule has 182 valence electrons. The van der Waals surface area contributed by atoms with Gasteiger partial charge in [0.15, 0.2) is 17.0 Å². The molecule has 11 heteroatoms. The lowest BCUT2D eigenvalue weighted by Gasteiger charge is -2.33. The van der Waals surface area contributed by atoms with Gasteiger partial charge in [0.2, 0.25) is 0 Å². The van der Waals surface area contributed by atoms with Crippen molar-refractivity contribution in [2.45, 2.75) is 44.9 Å². The summed E-state index contributed by atoms with van der Waals surface area (Å²) in [6.45, 7) is 5.58. The van der Waals surface area contributed by atoms with Gasteiger partial charge in [0.05, 0.1) is 25.2 Å². The lowest BCUT2D eigenvalue weighted by molar-refractivity contribution is -0.140. The van der Waals surface area contributed by atoms with E-state index in [0.29, 0.717) is 43.5 Å². The third kappa shape index (κ3) is 5.15. The molecule has 1 unspecified atom stereocenters. The van der Waals surface area contributed by atoms with Crippen LogP contribution in [0.4, 0.5) is 19.0 Å². The molecule has 0 aliphatic carbocycles. The number of aromatic nitrogens is 5. The number of halogens is 3. The van der Waals surface area contributed by atoms with Crippen molar-refractivity contribution in [1.29, 1.82) is 0 Å². The van der Waals surface area contributed by atoms with Gasteiger partial charge in [-0.25, -0.2) is 15.0 Å². The van der Waals surface area contributed by atoms with Crippen LogP contribution in [0.3, 0.4) is 0 Å². The summed E-state index contributed by atoms with van der Waals surface area (Å²) in [7, 11) is 0. The van der Waals surface area contributed by atoms with Crippen molar-refractivity contribution in [3.05, 3.63) is 41.7 Å². The summed E-state index contributed by atoms with van der Waals surface area (Å²) in [6, 6.07) is 6.00. The Labute approximate surface area is 195 Å². The summed E-state index contributed by atoms with van der Waals surface area (Å²) in [5.74, 6) is 1.21. The van der Waals surface area contributed by atoms with Crippen LogP contribution in [-0.2, 0) is 17.8 Å². The van der Waals surface area contributed by atoms with Gasteiger partial charge in [0.25, 0.3) is 0 Å². The fraction of sp³-hybridized carbons (Fsp3) is 0.565. The largest absolute Gasteiger partial charge is 0.406 e. The first-order chi connectivity index (χ1) is 16.4. The molecule has 34 heavy (non-hydrogen) atoms. The Bertz CT molecular complexity index is 1140. The number of ether oxygens (including phenoxy) is 1. The first kappa shape index (κ1) is 23.0. The van der Waals surface area contributed by atoms with Crippen molar-refractivity contribution in [2.24, 2.45) is 0 Å². The van der Waals surface area contributed by atoms with Gasteiger partial charge in [0, 0.05) is 37.8 Å². The van der Waals surface area contributed by atoms with Gasteiger partial charge in [-0.15, -0.1) is 0 Å². The van der Waals surface area contributed by atoms with E-state index in [2.05, 4.69) is 19.9 Å². The fourth-order valence-corrected chi connectivity index (χ4v) is 4.76. The van der Waals surface area contributed by atoms with Gasteiger partial charge in [0.1, 0.15) is 12.4 Å². The van der Waals surface area contributed by atoms with E-state index in [1.54, 1.807) is 0 Å². The molecule has 0 saturated carbocycles. The van der Waals surface area contributed by atoms with E-state index in [9.17, 15) is 13.2 Å². The van der Waals surface area contributed by atoms with Crippen LogP contribution in [0.2, 0.25) is 0 Å². The van der Waals surface area contributed by atoms with Crippen molar-refractivity contribution in [3.8, 4) is 0 Å². The molecule has 1 atom stereocenters. The Morgan fingerprint density at radius 1 is 1.09 bits per heavy atom. The minimum atomic E-state index is -4.36. The molecular formula is C23H28F3N7O. The molecule has 0 aromatic carbocycles. The van der Waals surface area contributed by atoms with E-state index in [1.165, 1.54) is 6.33 Å². The molecule has 0 spiro atoms. The van der Waals surface area contributed by atoms with Crippen LogP contribution in [0.5, 0.6) is 0 Å². The standard InChI is InChI=1S/C23H28F3N7O/c1-16-4-2-6-18(28-16)13-31-7-3-5-17(12-31)20-29-21(32-8-10-34-11-9-32)19-22(30-20)33(15-27-19)14-23(24,25)26/h2,4,6,15,17H,3,5,7-14H2,1H3. The summed E-state index contributed by atoms with van der Waals surface area (Å²) in [6.07, 6.45) is -1.29. The van der Waals surface area contributed by atoms with Crippen LogP contribution in [-0.4, -0.2) is 75.0 Å². The van der Waals surface area contributed by atoms with Gasteiger partial charge < -0.3 is 14.2 Å². The highest BCUT2D eigenvalue weighted by Crippen LogP contribution is 2.31. The number of nitrogens with zero attached hydrogens (tertiary/aromatic N) is 7. The van der Waals surface area contributed by atoms with Crippen molar-refractivity contribution in [2.75, 3.05) is 44.3 Å². The molecule has 2 saturated heterocycles. The fourth-order valence-electron chi connectivity index (χ4n) is 4.76. The number of rotatable bonds is 5. The molecule has 0 amide bonds. The second-order valence-corrected chi connectivity index (χ2v) is 9.01. The summed E-state index contributed by atoms with van der Waals surface area (Å²) >= 11 is 0. The second kappa shape index (κ2) is 9.46. The monoisotopic (exact) mass is 475 g/mol. The van der Waals surface area contributed by atoms with Gasteiger partial charge in [-0.05, 0) is 38.4 Å². The van der Waals surface area contributed by atoms with Gasteiger partial charge in [-0.2, -0.15) is 13.2 Å². The third-order valence-corrected chi connectivity index (χ3v) is 6.33. The molecule has 5 heterocycles.